The van der Waals surface area contributed by atoms with Crippen molar-refractivity contribution in [2.45, 2.75) is 39.0 Å². The van der Waals surface area contributed by atoms with Crippen molar-refractivity contribution in [2.75, 3.05) is 37.7 Å². The van der Waals surface area contributed by atoms with Gasteiger partial charge in [-0.15, -0.1) is 0 Å². The van der Waals surface area contributed by atoms with Gasteiger partial charge in [-0.1, -0.05) is 6.92 Å². The van der Waals surface area contributed by atoms with E-state index < -0.39 is 0 Å². The van der Waals surface area contributed by atoms with Gasteiger partial charge in [0, 0.05) is 51.1 Å². The number of aliphatic hydroxyl groups excluding tert-OH is 1. The number of carbonyl (C=O) groups excluding carboxylic acids is 1. The maximum Gasteiger partial charge on any atom is 0.225 e. The number of carbonyl (C=O) groups is 1. The predicted molar refractivity (Wildman–Crippen MR) is 92.6 cm³/mol. The molecule has 1 aromatic rings. The lowest BCUT2D eigenvalue weighted by atomic mass is 9.76. The Morgan fingerprint density at radius 2 is 1.96 bits per heavy atom. The molecule has 0 aromatic carbocycles. The molecule has 132 valence electrons. The Balaban J connectivity index is 1.51. The first-order valence-electron chi connectivity index (χ1n) is 9.08. The Hall–Kier alpha value is -1.69. The fourth-order valence-electron chi connectivity index (χ4n) is 3.89. The summed E-state index contributed by atoms with van der Waals surface area (Å²) in [5.41, 5.74) is 0.0339. The third kappa shape index (κ3) is 3.53. The molecule has 24 heavy (non-hydrogen) atoms. The summed E-state index contributed by atoms with van der Waals surface area (Å²) in [5.74, 6) is 1.33. The number of hydrogen-bond acceptors (Lipinski definition) is 5. The molecular weight excluding hydrogens is 304 g/mol. The molecular formula is C18H28N4O2. The van der Waals surface area contributed by atoms with Gasteiger partial charge in [0.2, 0.25) is 5.91 Å². The smallest absolute Gasteiger partial charge is 0.225 e. The van der Waals surface area contributed by atoms with Crippen molar-refractivity contribution < 1.29 is 9.90 Å². The lowest BCUT2D eigenvalue weighted by Crippen LogP contribution is -2.48. The fraction of sp³-hybridized carbons (Fsp3) is 0.722. The van der Waals surface area contributed by atoms with Gasteiger partial charge in [-0.3, -0.25) is 9.78 Å². The van der Waals surface area contributed by atoms with Crippen molar-refractivity contribution in [1.29, 1.82) is 0 Å². The molecule has 0 spiro atoms. The number of likely N-dealkylation sites (tertiary alicyclic amines) is 1. The Labute approximate surface area is 143 Å². The van der Waals surface area contributed by atoms with Crippen LogP contribution < -0.4 is 4.90 Å². The molecule has 2 saturated heterocycles. The molecule has 3 heterocycles. The second-order valence-corrected chi connectivity index (χ2v) is 7.16. The van der Waals surface area contributed by atoms with Crippen LogP contribution in [0.4, 0.5) is 5.82 Å². The standard InChI is InChI=1S/C18H28N4O2/c1-2-18(14-23)5-11-22(12-6-18)17(24)15-3-9-21(10-4-15)16-13-19-7-8-20-16/h7-8,13,15,23H,2-6,9-12,14H2,1H3. The average molecular weight is 332 g/mol. The number of rotatable bonds is 4. The van der Waals surface area contributed by atoms with E-state index in [0.717, 1.165) is 64.1 Å². The number of piperidine rings is 2. The minimum absolute atomic E-state index is 0.0339. The first-order valence-corrected chi connectivity index (χ1v) is 9.08. The van der Waals surface area contributed by atoms with Gasteiger partial charge < -0.3 is 14.9 Å². The van der Waals surface area contributed by atoms with E-state index in [-0.39, 0.29) is 17.9 Å². The van der Waals surface area contributed by atoms with Crippen molar-refractivity contribution in [3.63, 3.8) is 0 Å². The predicted octanol–water partition coefficient (Wildman–Crippen LogP) is 1.70. The molecule has 3 rings (SSSR count). The number of aromatic nitrogens is 2. The van der Waals surface area contributed by atoms with Crippen LogP contribution in [0.25, 0.3) is 0 Å². The molecule has 2 aliphatic heterocycles. The van der Waals surface area contributed by atoms with Crippen LogP contribution in [0.15, 0.2) is 18.6 Å². The number of anilines is 1. The molecule has 0 aliphatic carbocycles. The van der Waals surface area contributed by atoms with E-state index in [2.05, 4.69) is 21.8 Å². The summed E-state index contributed by atoms with van der Waals surface area (Å²) in [6.45, 7) is 5.67. The summed E-state index contributed by atoms with van der Waals surface area (Å²) in [5, 5.41) is 9.63. The van der Waals surface area contributed by atoms with Gasteiger partial charge in [-0.25, -0.2) is 4.98 Å². The minimum Gasteiger partial charge on any atom is -0.396 e. The van der Waals surface area contributed by atoms with Gasteiger partial charge in [0.1, 0.15) is 5.82 Å². The van der Waals surface area contributed by atoms with Crippen LogP contribution >= 0.6 is 0 Å². The first-order chi connectivity index (χ1) is 11.7. The number of nitrogens with zero attached hydrogens (tertiary/aromatic N) is 4. The van der Waals surface area contributed by atoms with E-state index in [0.29, 0.717) is 5.91 Å². The lowest BCUT2D eigenvalue weighted by molar-refractivity contribution is -0.139. The van der Waals surface area contributed by atoms with E-state index >= 15 is 0 Å². The maximum absolute atomic E-state index is 12.8. The summed E-state index contributed by atoms with van der Waals surface area (Å²) in [6, 6.07) is 0. The highest BCUT2D eigenvalue weighted by molar-refractivity contribution is 5.79. The lowest BCUT2D eigenvalue weighted by Gasteiger charge is -2.42. The SMILES string of the molecule is CCC1(CO)CCN(C(=O)C2CCN(c3cnccn3)CC2)CC1. The number of hydrogen-bond donors (Lipinski definition) is 1. The molecule has 0 radical (unpaired) electrons. The highest BCUT2D eigenvalue weighted by Gasteiger charge is 2.36. The number of aliphatic hydroxyl groups is 1. The Morgan fingerprint density at radius 3 is 2.50 bits per heavy atom. The normalized spacial score (nSPS) is 21.8. The molecule has 0 atom stereocenters. The van der Waals surface area contributed by atoms with E-state index in [1.165, 1.54) is 0 Å². The van der Waals surface area contributed by atoms with E-state index in [4.69, 9.17) is 0 Å². The Kier molecular flexibility index (Phi) is 5.33. The zero-order valence-electron chi connectivity index (χ0n) is 14.5. The molecule has 1 amide bonds. The van der Waals surface area contributed by atoms with Crippen molar-refractivity contribution in [3.8, 4) is 0 Å². The van der Waals surface area contributed by atoms with Crippen molar-refractivity contribution in [3.05, 3.63) is 18.6 Å². The molecule has 0 unspecified atom stereocenters. The van der Waals surface area contributed by atoms with Crippen LogP contribution in [0, 0.1) is 11.3 Å². The molecule has 6 nitrogen and oxygen atoms in total. The topological polar surface area (TPSA) is 69.6 Å². The van der Waals surface area contributed by atoms with Crippen LogP contribution in [0.3, 0.4) is 0 Å². The largest absolute Gasteiger partial charge is 0.396 e. The van der Waals surface area contributed by atoms with Gasteiger partial charge >= 0.3 is 0 Å². The molecule has 2 fully saturated rings. The van der Waals surface area contributed by atoms with Crippen LogP contribution in [0.2, 0.25) is 0 Å². The summed E-state index contributed by atoms with van der Waals surface area (Å²) in [7, 11) is 0. The van der Waals surface area contributed by atoms with Crippen LogP contribution in [0.5, 0.6) is 0 Å². The van der Waals surface area contributed by atoms with E-state index in [9.17, 15) is 9.90 Å². The Bertz CT molecular complexity index is 529. The number of amides is 1. The van der Waals surface area contributed by atoms with Crippen LogP contribution in [-0.2, 0) is 4.79 Å². The van der Waals surface area contributed by atoms with Crippen LogP contribution in [0.1, 0.15) is 39.0 Å². The Morgan fingerprint density at radius 1 is 1.25 bits per heavy atom. The summed E-state index contributed by atoms with van der Waals surface area (Å²) in [4.78, 5) is 25.5. The summed E-state index contributed by atoms with van der Waals surface area (Å²) >= 11 is 0. The van der Waals surface area contributed by atoms with Crippen molar-refractivity contribution in [2.24, 2.45) is 11.3 Å². The van der Waals surface area contributed by atoms with Crippen LogP contribution in [-0.4, -0.2) is 58.7 Å². The highest BCUT2D eigenvalue weighted by atomic mass is 16.3. The maximum atomic E-state index is 12.8. The average Bonchev–Trinajstić information content (AvgIpc) is 2.68. The zero-order valence-corrected chi connectivity index (χ0v) is 14.5. The quantitative estimate of drug-likeness (QED) is 0.909. The van der Waals surface area contributed by atoms with Crippen molar-refractivity contribution in [1.82, 2.24) is 14.9 Å². The zero-order chi connectivity index (χ0) is 17.0. The molecule has 0 saturated carbocycles. The third-order valence-corrected chi connectivity index (χ3v) is 5.94. The second-order valence-electron chi connectivity index (χ2n) is 7.16. The van der Waals surface area contributed by atoms with Crippen molar-refractivity contribution >= 4 is 11.7 Å². The van der Waals surface area contributed by atoms with E-state index in [1.807, 2.05) is 4.90 Å². The van der Waals surface area contributed by atoms with Gasteiger partial charge in [0.15, 0.2) is 0 Å². The second kappa shape index (κ2) is 7.47. The monoisotopic (exact) mass is 332 g/mol. The molecule has 1 N–H and O–H groups in total. The first kappa shape index (κ1) is 17.1. The minimum atomic E-state index is 0.0339. The highest BCUT2D eigenvalue weighted by Crippen LogP contribution is 2.35. The van der Waals surface area contributed by atoms with Gasteiger partial charge in [0.25, 0.3) is 0 Å². The van der Waals surface area contributed by atoms with Gasteiger partial charge in [-0.05, 0) is 37.5 Å². The third-order valence-electron chi connectivity index (χ3n) is 5.94. The molecule has 0 bridgehead atoms. The van der Waals surface area contributed by atoms with Gasteiger partial charge in [0.05, 0.1) is 6.20 Å². The molecule has 2 aliphatic rings. The summed E-state index contributed by atoms with van der Waals surface area (Å²) < 4.78 is 0. The van der Waals surface area contributed by atoms with E-state index in [1.54, 1.807) is 18.6 Å². The molecule has 6 heteroatoms. The molecule has 1 aromatic heterocycles. The summed E-state index contributed by atoms with van der Waals surface area (Å²) in [6.07, 6.45) is 9.76. The van der Waals surface area contributed by atoms with Gasteiger partial charge in [-0.2, -0.15) is 0 Å². The fourth-order valence-corrected chi connectivity index (χ4v) is 3.89.